The largest absolute Gasteiger partial charge is 0.392 e. The third-order valence-corrected chi connectivity index (χ3v) is 4.08. The molecule has 0 saturated carbocycles. The summed E-state index contributed by atoms with van der Waals surface area (Å²) in [6, 6.07) is 7.97. The van der Waals surface area contributed by atoms with E-state index in [0.29, 0.717) is 19.0 Å². The van der Waals surface area contributed by atoms with Gasteiger partial charge in [0.1, 0.15) is 0 Å². The number of piperidine rings is 1. The first-order valence-electron chi connectivity index (χ1n) is 6.49. The van der Waals surface area contributed by atoms with Crippen LogP contribution >= 0.6 is 11.6 Å². The van der Waals surface area contributed by atoms with Crippen molar-refractivity contribution >= 4 is 11.6 Å². The molecule has 100 valence electrons. The van der Waals surface area contributed by atoms with Gasteiger partial charge < -0.3 is 10.8 Å². The van der Waals surface area contributed by atoms with E-state index in [9.17, 15) is 5.11 Å². The van der Waals surface area contributed by atoms with Gasteiger partial charge in [-0.2, -0.15) is 0 Å². The van der Waals surface area contributed by atoms with Gasteiger partial charge in [-0.05, 0) is 36.6 Å². The zero-order chi connectivity index (χ0) is 13.1. The van der Waals surface area contributed by atoms with Gasteiger partial charge in [0.05, 0.1) is 6.10 Å². The number of rotatable bonds is 3. The summed E-state index contributed by atoms with van der Waals surface area (Å²) in [5.74, 6) is 0.374. The molecule has 2 rings (SSSR count). The van der Waals surface area contributed by atoms with E-state index in [2.05, 4.69) is 11.8 Å². The quantitative estimate of drug-likeness (QED) is 0.882. The fourth-order valence-corrected chi connectivity index (χ4v) is 2.76. The Morgan fingerprint density at radius 3 is 2.94 bits per heavy atom. The Morgan fingerprint density at radius 2 is 2.33 bits per heavy atom. The van der Waals surface area contributed by atoms with Gasteiger partial charge >= 0.3 is 0 Å². The van der Waals surface area contributed by atoms with Gasteiger partial charge in [-0.1, -0.05) is 30.7 Å². The van der Waals surface area contributed by atoms with Crippen molar-refractivity contribution in [3.05, 3.63) is 34.9 Å². The highest BCUT2D eigenvalue weighted by Crippen LogP contribution is 2.27. The van der Waals surface area contributed by atoms with Crippen LogP contribution < -0.4 is 5.73 Å². The highest BCUT2D eigenvalue weighted by molar-refractivity contribution is 6.30. The molecular formula is C14H21ClN2O. The third-order valence-electron chi connectivity index (χ3n) is 3.85. The van der Waals surface area contributed by atoms with Crippen molar-refractivity contribution in [2.24, 2.45) is 11.7 Å². The fraction of sp³-hybridized carbons (Fsp3) is 0.571. The Labute approximate surface area is 114 Å². The van der Waals surface area contributed by atoms with Gasteiger partial charge in [0.25, 0.3) is 0 Å². The Bertz CT molecular complexity index is 399. The maximum Gasteiger partial charge on any atom is 0.0693 e. The average Bonchev–Trinajstić information content (AvgIpc) is 2.35. The summed E-state index contributed by atoms with van der Waals surface area (Å²) in [6.45, 7) is 4.31. The number of nitrogens with zero attached hydrogens (tertiary/aromatic N) is 1. The van der Waals surface area contributed by atoms with E-state index in [1.54, 1.807) is 0 Å². The Kier molecular flexibility index (Phi) is 4.62. The van der Waals surface area contributed by atoms with Crippen LogP contribution in [0.15, 0.2) is 24.3 Å². The summed E-state index contributed by atoms with van der Waals surface area (Å²) in [5, 5.41) is 10.7. The van der Waals surface area contributed by atoms with Crippen molar-refractivity contribution in [1.82, 2.24) is 4.90 Å². The van der Waals surface area contributed by atoms with Crippen molar-refractivity contribution in [3.63, 3.8) is 0 Å². The van der Waals surface area contributed by atoms with Gasteiger partial charge in [-0.3, -0.25) is 4.90 Å². The second kappa shape index (κ2) is 6.02. The van der Waals surface area contributed by atoms with E-state index < -0.39 is 0 Å². The minimum Gasteiger partial charge on any atom is -0.392 e. The minimum atomic E-state index is -0.257. The first kappa shape index (κ1) is 13.8. The van der Waals surface area contributed by atoms with Crippen molar-refractivity contribution in [3.8, 4) is 0 Å². The predicted octanol–water partition coefficient (Wildman–Crippen LogP) is 2.04. The molecule has 1 fully saturated rings. The molecular weight excluding hydrogens is 248 g/mol. The van der Waals surface area contributed by atoms with Crippen molar-refractivity contribution < 1.29 is 5.11 Å². The van der Waals surface area contributed by atoms with Crippen LogP contribution in [0.3, 0.4) is 0 Å². The zero-order valence-corrected chi connectivity index (χ0v) is 11.5. The number of likely N-dealkylation sites (tertiary alicyclic amines) is 1. The SMILES string of the molecule is CC1CCN(C(CN)c2cccc(Cl)c2)CC1O. The summed E-state index contributed by atoms with van der Waals surface area (Å²) >= 11 is 6.03. The van der Waals surface area contributed by atoms with Crippen LogP contribution in [0.1, 0.15) is 24.9 Å². The molecule has 0 amide bonds. The van der Waals surface area contributed by atoms with E-state index in [0.717, 1.165) is 23.6 Å². The number of aliphatic hydroxyl groups excluding tert-OH is 1. The number of β-amino-alcohol motifs (C(OH)–C–C–N with tert-alkyl or cyclic N) is 1. The lowest BCUT2D eigenvalue weighted by molar-refractivity contribution is 0.0111. The van der Waals surface area contributed by atoms with Crippen LogP contribution in [-0.2, 0) is 0 Å². The van der Waals surface area contributed by atoms with E-state index in [1.165, 1.54) is 0 Å². The molecule has 0 radical (unpaired) electrons. The lowest BCUT2D eigenvalue weighted by atomic mass is 9.93. The molecule has 18 heavy (non-hydrogen) atoms. The van der Waals surface area contributed by atoms with E-state index >= 15 is 0 Å². The van der Waals surface area contributed by atoms with Crippen LogP contribution in [0.4, 0.5) is 0 Å². The number of nitrogens with two attached hydrogens (primary N) is 1. The van der Waals surface area contributed by atoms with Gasteiger partial charge in [0.2, 0.25) is 0 Å². The molecule has 1 aromatic carbocycles. The maximum atomic E-state index is 9.99. The number of benzene rings is 1. The standard InChI is InChI=1S/C14H21ClN2O/c1-10-5-6-17(9-14(10)18)13(8-16)11-3-2-4-12(15)7-11/h2-4,7,10,13-14,18H,5-6,8-9,16H2,1H3. The highest BCUT2D eigenvalue weighted by Gasteiger charge is 2.29. The second-order valence-electron chi connectivity index (χ2n) is 5.13. The lowest BCUT2D eigenvalue weighted by Gasteiger charge is -2.39. The van der Waals surface area contributed by atoms with E-state index in [4.69, 9.17) is 17.3 Å². The molecule has 1 saturated heterocycles. The summed E-state index contributed by atoms with van der Waals surface area (Å²) in [5.41, 5.74) is 7.03. The van der Waals surface area contributed by atoms with Crippen LogP contribution in [0.5, 0.6) is 0 Å². The summed E-state index contributed by atoms with van der Waals surface area (Å²) in [6.07, 6.45) is 0.755. The fourth-order valence-electron chi connectivity index (χ4n) is 2.57. The van der Waals surface area contributed by atoms with Crippen LogP contribution in [0.2, 0.25) is 5.02 Å². The monoisotopic (exact) mass is 268 g/mol. The minimum absolute atomic E-state index is 0.144. The molecule has 3 N–H and O–H groups in total. The van der Waals surface area contributed by atoms with Gasteiger partial charge in [-0.15, -0.1) is 0 Å². The number of halogens is 1. The van der Waals surface area contributed by atoms with Crippen molar-refractivity contribution in [2.75, 3.05) is 19.6 Å². The van der Waals surface area contributed by atoms with Crippen LogP contribution in [-0.4, -0.2) is 35.7 Å². The predicted molar refractivity (Wildman–Crippen MR) is 74.6 cm³/mol. The molecule has 0 spiro atoms. The number of hydrogen-bond donors (Lipinski definition) is 2. The third kappa shape index (κ3) is 3.04. The molecule has 1 heterocycles. The first-order chi connectivity index (χ1) is 8.61. The highest BCUT2D eigenvalue weighted by atomic mass is 35.5. The zero-order valence-electron chi connectivity index (χ0n) is 10.7. The first-order valence-corrected chi connectivity index (χ1v) is 6.87. The van der Waals surface area contributed by atoms with Gasteiger partial charge in [-0.25, -0.2) is 0 Å². The molecule has 3 atom stereocenters. The van der Waals surface area contributed by atoms with Crippen LogP contribution in [0, 0.1) is 5.92 Å². The lowest BCUT2D eigenvalue weighted by Crippen LogP contribution is -2.46. The summed E-state index contributed by atoms with van der Waals surface area (Å²) < 4.78 is 0. The maximum absolute atomic E-state index is 9.99. The topological polar surface area (TPSA) is 49.5 Å². The number of hydrogen-bond acceptors (Lipinski definition) is 3. The van der Waals surface area contributed by atoms with Crippen molar-refractivity contribution in [2.45, 2.75) is 25.5 Å². The van der Waals surface area contributed by atoms with Crippen LogP contribution in [0.25, 0.3) is 0 Å². The van der Waals surface area contributed by atoms with E-state index in [-0.39, 0.29) is 12.1 Å². The molecule has 0 bridgehead atoms. The van der Waals surface area contributed by atoms with Crippen molar-refractivity contribution in [1.29, 1.82) is 0 Å². The van der Waals surface area contributed by atoms with Gasteiger partial charge in [0.15, 0.2) is 0 Å². The smallest absolute Gasteiger partial charge is 0.0693 e. The molecule has 0 aromatic heterocycles. The summed E-state index contributed by atoms with van der Waals surface area (Å²) in [4.78, 5) is 2.26. The molecule has 4 heteroatoms. The average molecular weight is 269 g/mol. The van der Waals surface area contributed by atoms with Gasteiger partial charge in [0, 0.05) is 24.2 Å². The summed E-state index contributed by atoms with van der Waals surface area (Å²) in [7, 11) is 0. The van der Waals surface area contributed by atoms with E-state index in [1.807, 2.05) is 24.3 Å². The normalized spacial score (nSPS) is 27.1. The molecule has 1 aliphatic rings. The molecule has 1 aliphatic heterocycles. The Morgan fingerprint density at radius 1 is 1.56 bits per heavy atom. The molecule has 1 aromatic rings. The Hall–Kier alpha value is -0.610. The Balaban J connectivity index is 2.14. The molecule has 0 aliphatic carbocycles. The molecule has 3 nitrogen and oxygen atoms in total. The number of aliphatic hydroxyl groups is 1. The molecule has 3 unspecified atom stereocenters. The second-order valence-corrected chi connectivity index (χ2v) is 5.57.